The quantitative estimate of drug-likeness (QED) is 0.833. The van der Waals surface area contributed by atoms with Crippen LogP contribution in [0.4, 0.5) is 11.5 Å². The molecule has 110 valence electrons. The Morgan fingerprint density at radius 2 is 2.10 bits per heavy atom. The van der Waals surface area contributed by atoms with Crippen molar-refractivity contribution in [2.24, 2.45) is 0 Å². The van der Waals surface area contributed by atoms with Crippen molar-refractivity contribution < 1.29 is 4.74 Å². The monoisotopic (exact) mass is 285 g/mol. The lowest BCUT2D eigenvalue weighted by Gasteiger charge is -2.54. The van der Waals surface area contributed by atoms with Gasteiger partial charge in [0.25, 0.3) is 0 Å². The average Bonchev–Trinajstić information content (AvgIpc) is 2.44. The van der Waals surface area contributed by atoms with Crippen molar-refractivity contribution in [1.82, 2.24) is 14.9 Å². The molecule has 4 rings (SSSR count). The first-order valence-electron chi connectivity index (χ1n) is 7.24. The van der Waals surface area contributed by atoms with Gasteiger partial charge in [0.2, 0.25) is 0 Å². The van der Waals surface area contributed by atoms with Gasteiger partial charge >= 0.3 is 0 Å². The number of benzene rings is 1. The van der Waals surface area contributed by atoms with Gasteiger partial charge in [0.05, 0.1) is 36.3 Å². The maximum atomic E-state index is 6.05. The third-order valence-electron chi connectivity index (χ3n) is 4.41. The van der Waals surface area contributed by atoms with Crippen molar-refractivity contribution in [3.05, 3.63) is 24.5 Å². The van der Waals surface area contributed by atoms with Crippen LogP contribution in [0.2, 0.25) is 0 Å². The van der Waals surface area contributed by atoms with Crippen molar-refractivity contribution in [3.8, 4) is 0 Å². The zero-order valence-corrected chi connectivity index (χ0v) is 12.1. The minimum atomic E-state index is -0.0282. The van der Waals surface area contributed by atoms with Gasteiger partial charge in [-0.15, -0.1) is 0 Å². The average molecular weight is 285 g/mol. The molecule has 2 aliphatic rings. The van der Waals surface area contributed by atoms with E-state index in [0.717, 1.165) is 49.4 Å². The fourth-order valence-electron chi connectivity index (χ4n) is 3.43. The fourth-order valence-corrected chi connectivity index (χ4v) is 3.43. The molecule has 2 fully saturated rings. The predicted octanol–water partition coefficient (Wildman–Crippen LogP) is 0.733. The van der Waals surface area contributed by atoms with E-state index in [1.54, 1.807) is 0 Å². The lowest BCUT2D eigenvalue weighted by Crippen LogP contribution is -2.70. The molecule has 1 aromatic heterocycles. The van der Waals surface area contributed by atoms with Gasteiger partial charge in [-0.3, -0.25) is 0 Å². The van der Waals surface area contributed by atoms with Crippen LogP contribution in [0.15, 0.2) is 24.5 Å². The van der Waals surface area contributed by atoms with Crippen molar-refractivity contribution in [3.63, 3.8) is 0 Å². The summed E-state index contributed by atoms with van der Waals surface area (Å²) in [5.74, 6) is 0.540. The maximum Gasteiger partial charge on any atom is 0.136 e. The van der Waals surface area contributed by atoms with Crippen LogP contribution >= 0.6 is 0 Å². The molecule has 1 spiro atoms. The van der Waals surface area contributed by atoms with Crippen LogP contribution in [0.1, 0.15) is 0 Å². The number of aromatic nitrogens is 2. The highest BCUT2D eigenvalue weighted by Gasteiger charge is 2.47. The summed E-state index contributed by atoms with van der Waals surface area (Å²) in [4.78, 5) is 13.1. The van der Waals surface area contributed by atoms with Gasteiger partial charge in [-0.25, -0.2) is 9.97 Å². The molecule has 0 bridgehead atoms. The first kappa shape index (κ1) is 12.8. The second kappa shape index (κ2) is 4.54. The summed E-state index contributed by atoms with van der Waals surface area (Å²) in [5, 5.41) is 0.944. The van der Waals surface area contributed by atoms with Gasteiger partial charge in [0, 0.05) is 13.1 Å². The Morgan fingerprint density at radius 1 is 1.24 bits per heavy atom. The molecule has 0 radical (unpaired) electrons. The van der Waals surface area contributed by atoms with Crippen molar-refractivity contribution in [2.45, 2.75) is 5.60 Å². The van der Waals surface area contributed by atoms with Crippen LogP contribution in [0.3, 0.4) is 0 Å². The Labute approximate surface area is 123 Å². The Kier molecular flexibility index (Phi) is 2.77. The first-order chi connectivity index (χ1) is 10.2. The molecule has 3 heterocycles. The van der Waals surface area contributed by atoms with Crippen LogP contribution in [0, 0.1) is 0 Å². The van der Waals surface area contributed by atoms with E-state index in [-0.39, 0.29) is 5.60 Å². The van der Waals surface area contributed by atoms with E-state index in [9.17, 15) is 0 Å². The number of nitrogens with zero attached hydrogens (tertiary/aromatic N) is 4. The Balaban J connectivity index is 1.65. The summed E-state index contributed by atoms with van der Waals surface area (Å²) in [5.41, 5.74) is 8.02. The molecule has 2 aliphatic heterocycles. The van der Waals surface area contributed by atoms with Crippen molar-refractivity contribution in [1.29, 1.82) is 0 Å². The molecular formula is C15H19N5O. The molecule has 2 N–H and O–H groups in total. The summed E-state index contributed by atoms with van der Waals surface area (Å²) < 4.78 is 6.02. The minimum Gasteiger partial charge on any atom is -0.383 e. The van der Waals surface area contributed by atoms with Gasteiger partial charge in [-0.1, -0.05) is 6.07 Å². The van der Waals surface area contributed by atoms with Gasteiger partial charge in [-0.2, -0.15) is 0 Å². The molecule has 2 saturated heterocycles. The number of likely N-dealkylation sites (N-methyl/N-ethyl adjacent to an activating group) is 1. The van der Waals surface area contributed by atoms with Gasteiger partial charge < -0.3 is 20.3 Å². The van der Waals surface area contributed by atoms with Gasteiger partial charge in [0.15, 0.2) is 0 Å². The number of rotatable bonds is 1. The van der Waals surface area contributed by atoms with Gasteiger partial charge in [0.1, 0.15) is 17.7 Å². The molecule has 1 aromatic carbocycles. The number of fused-ring (bicyclic) bond motifs is 1. The van der Waals surface area contributed by atoms with E-state index in [2.05, 4.69) is 32.9 Å². The van der Waals surface area contributed by atoms with E-state index >= 15 is 0 Å². The van der Waals surface area contributed by atoms with E-state index in [1.165, 1.54) is 6.33 Å². The summed E-state index contributed by atoms with van der Waals surface area (Å²) in [6.45, 7) is 4.59. The highest BCUT2D eigenvalue weighted by Crippen LogP contribution is 2.37. The molecule has 0 saturated carbocycles. The van der Waals surface area contributed by atoms with Crippen LogP contribution in [0.5, 0.6) is 0 Å². The molecule has 2 aromatic rings. The third kappa shape index (κ3) is 2.02. The minimum absolute atomic E-state index is 0.0282. The Bertz CT molecular complexity index is 678. The van der Waals surface area contributed by atoms with E-state index in [0.29, 0.717) is 5.82 Å². The number of nitrogens with two attached hydrogens (primary N) is 1. The molecule has 0 atom stereocenters. The largest absolute Gasteiger partial charge is 0.383 e. The molecule has 0 unspecified atom stereocenters. The lowest BCUT2D eigenvalue weighted by molar-refractivity contribution is -0.117. The molecule has 0 aliphatic carbocycles. The van der Waals surface area contributed by atoms with Crippen LogP contribution in [-0.4, -0.2) is 60.3 Å². The molecule has 21 heavy (non-hydrogen) atoms. The number of hydrogen-bond acceptors (Lipinski definition) is 6. The molecular weight excluding hydrogens is 266 g/mol. The second-order valence-corrected chi connectivity index (χ2v) is 6.06. The summed E-state index contributed by atoms with van der Waals surface area (Å²) in [6.07, 6.45) is 1.51. The van der Waals surface area contributed by atoms with E-state index in [4.69, 9.17) is 10.5 Å². The van der Waals surface area contributed by atoms with E-state index in [1.807, 2.05) is 12.1 Å². The van der Waals surface area contributed by atoms with Crippen molar-refractivity contribution in [2.75, 3.05) is 50.5 Å². The standard InChI is InChI=1S/C15H19N5O/c1-19-5-6-21-15(7-19)8-20(9-15)12-4-2-3-11-13(12)14(16)18-10-17-11/h2-4,10H,5-9H2,1H3,(H2,16,17,18). The zero-order chi connectivity index (χ0) is 14.4. The summed E-state index contributed by atoms with van der Waals surface area (Å²) in [7, 11) is 2.15. The number of morpholine rings is 1. The SMILES string of the molecule is CN1CCOC2(C1)CN(c1cccc3ncnc(N)c13)C2. The lowest BCUT2D eigenvalue weighted by atomic mass is 9.90. The molecule has 6 heteroatoms. The summed E-state index contributed by atoms with van der Waals surface area (Å²) >= 11 is 0. The number of hydrogen-bond donors (Lipinski definition) is 1. The van der Waals surface area contributed by atoms with Crippen molar-refractivity contribution >= 4 is 22.4 Å². The fraction of sp³-hybridized carbons (Fsp3) is 0.467. The topological polar surface area (TPSA) is 67.5 Å². The maximum absolute atomic E-state index is 6.05. The smallest absolute Gasteiger partial charge is 0.136 e. The first-order valence-corrected chi connectivity index (χ1v) is 7.24. The normalized spacial score (nSPS) is 21.7. The second-order valence-electron chi connectivity index (χ2n) is 6.06. The number of nitrogen functional groups attached to an aromatic ring is 1. The molecule has 0 amide bonds. The Hall–Kier alpha value is -1.92. The van der Waals surface area contributed by atoms with E-state index < -0.39 is 0 Å². The highest BCUT2D eigenvalue weighted by molar-refractivity contribution is 5.99. The van der Waals surface area contributed by atoms with Crippen LogP contribution < -0.4 is 10.6 Å². The highest BCUT2D eigenvalue weighted by atomic mass is 16.5. The predicted molar refractivity (Wildman–Crippen MR) is 82.3 cm³/mol. The Morgan fingerprint density at radius 3 is 2.90 bits per heavy atom. The summed E-state index contributed by atoms with van der Waals surface area (Å²) in [6, 6.07) is 6.07. The van der Waals surface area contributed by atoms with Crippen LogP contribution in [-0.2, 0) is 4.74 Å². The number of ether oxygens (including phenoxy) is 1. The van der Waals surface area contributed by atoms with Crippen LogP contribution in [0.25, 0.3) is 10.9 Å². The van der Waals surface area contributed by atoms with Gasteiger partial charge in [-0.05, 0) is 19.2 Å². The third-order valence-corrected chi connectivity index (χ3v) is 4.41. The number of anilines is 2. The molecule has 6 nitrogen and oxygen atoms in total. The zero-order valence-electron chi connectivity index (χ0n) is 12.1.